The molecule has 1 saturated heterocycles. The first-order valence-corrected chi connectivity index (χ1v) is 9.18. The Balaban J connectivity index is 2.12. The SMILES string of the molecule is CCNC(c1ccc(C)cc1)C(C)S(=O)C1CCOCC1. The van der Waals surface area contributed by atoms with Gasteiger partial charge in [-0.25, -0.2) is 0 Å². The van der Waals surface area contributed by atoms with Gasteiger partial charge in [-0.15, -0.1) is 0 Å². The Kier molecular flexibility index (Phi) is 6.40. The Bertz CT molecular complexity index is 454. The minimum atomic E-state index is -0.831. The van der Waals surface area contributed by atoms with Crippen LogP contribution in [0.4, 0.5) is 0 Å². The van der Waals surface area contributed by atoms with E-state index in [0.717, 1.165) is 32.6 Å². The molecule has 0 aliphatic carbocycles. The largest absolute Gasteiger partial charge is 0.381 e. The Morgan fingerprint density at radius 2 is 1.90 bits per heavy atom. The lowest BCUT2D eigenvalue weighted by molar-refractivity contribution is 0.0990. The van der Waals surface area contributed by atoms with Crippen molar-refractivity contribution in [1.82, 2.24) is 5.32 Å². The normalized spacial score (nSPS) is 20.9. The molecule has 3 unspecified atom stereocenters. The van der Waals surface area contributed by atoms with Crippen molar-refractivity contribution in [1.29, 1.82) is 0 Å². The topological polar surface area (TPSA) is 38.3 Å². The third-order valence-corrected chi connectivity index (χ3v) is 6.33. The molecular formula is C17H27NO2S. The Labute approximate surface area is 130 Å². The summed E-state index contributed by atoms with van der Waals surface area (Å²) in [6, 6.07) is 8.72. The van der Waals surface area contributed by atoms with Gasteiger partial charge in [0.15, 0.2) is 0 Å². The fraction of sp³-hybridized carbons (Fsp3) is 0.647. The van der Waals surface area contributed by atoms with Gasteiger partial charge in [0.1, 0.15) is 0 Å². The highest BCUT2D eigenvalue weighted by molar-refractivity contribution is 7.86. The van der Waals surface area contributed by atoms with E-state index in [1.807, 2.05) is 0 Å². The van der Waals surface area contributed by atoms with E-state index in [2.05, 4.69) is 50.4 Å². The number of hydrogen-bond acceptors (Lipinski definition) is 3. The van der Waals surface area contributed by atoms with Crippen LogP contribution in [0.25, 0.3) is 0 Å². The molecule has 1 aromatic carbocycles. The van der Waals surface area contributed by atoms with Gasteiger partial charge in [-0.1, -0.05) is 36.8 Å². The quantitative estimate of drug-likeness (QED) is 0.878. The van der Waals surface area contributed by atoms with E-state index in [0.29, 0.717) is 0 Å². The van der Waals surface area contributed by atoms with Gasteiger partial charge in [-0.05, 0) is 38.8 Å². The zero-order valence-electron chi connectivity index (χ0n) is 13.3. The van der Waals surface area contributed by atoms with Crippen LogP contribution >= 0.6 is 0 Å². The fourth-order valence-corrected chi connectivity index (χ4v) is 4.68. The number of benzene rings is 1. The van der Waals surface area contributed by atoms with Crippen molar-refractivity contribution in [3.8, 4) is 0 Å². The molecule has 1 aliphatic rings. The molecule has 1 aromatic rings. The second-order valence-corrected chi connectivity index (χ2v) is 7.86. The van der Waals surface area contributed by atoms with Gasteiger partial charge in [0.25, 0.3) is 0 Å². The number of nitrogens with one attached hydrogen (secondary N) is 1. The number of ether oxygens (including phenoxy) is 1. The van der Waals surface area contributed by atoms with Crippen LogP contribution in [0.5, 0.6) is 0 Å². The van der Waals surface area contributed by atoms with E-state index < -0.39 is 10.8 Å². The highest BCUT2D eigenvalue weighted by Crippen LogP contribution is 2.26. The molecule has 0 bridgehead atoms. The zero-order valence-corrected chi connectivity index (χ0v) is 14.1. The van der Waals surface area contributed by atoms with Gasteiger partial charge < -0.3 is 10.1 Å². The van der Waals surface area contributed by atoms with E-state index in [1.54, 1.807) is 0 Å². The van der Waals surface area contributed by atoms with Crippen LogP contribution in [-0.2, 0) is 15.5 Å². The molecule has 4 heteroatoms. The van der Waals surface area contributed by atoms with Gasteiger partial charge in [-0.3, -0.25) is 4.21 Å². The van der Waals surface area contributed by atoms with Crippen LogP contribution in [0.2, 0.25) is 0 Å². The summed E-state index contributed by atoms with van der Waals surface area (Å²) >= 11 is 0. The summed E-state index contributed by atoms with van der Waals surface area (Å²) in [6.07, 6.45) is 1.84. The van der Waals surface area contributed by atoms with Gasteiger partial charge >= 0.3 is 0 Å². The molecule has 3 atom stereocenters. The van der Waals surface area contributed by atoms with Crippen LogP contribution in [-0.4, -0.2) is 34.5 Å². The Hall–Kier alpha value is -0.710. The summed E-state index contributed by atoms with van der Waals surface area (Å²) in [4.78, 5) is 0. The second kappa shape index (κ2) is 8.06. The van der Waals surface area contributed by atoms with E-state index in [1.165, 1.54) is 11.1 Å². The maximum atomic E-state index is 12.9. The zero-order chi connectivity index (χ0) is 15.2. The van der Waals surface area contributed by atoms with Crippen LogP contribution in [0.15, 0.2) is 24.3 Å². The number of rotatable bonds is 6. The van der Waals surface area contributed by atoms with Crippen molar-refractivity contribution < 1.29 is 8.95 Å². The molecule has 3 nitrogen and oxygen atoms in total. The first kappa shape index (κ1) is 16.7. The van der Waals surface area contributed by atoms with Crippen molar-refractivity contribution in [3.05, 3.63) is 35.4 Å². The molecule has 0 saturated carbocycles. The highest BCUT2D eigenvalue weighted by Gasteiger charge is 2.30. The highest BCUT2D eigenvalue weighted by atomic mass is 32.2. The minimum Gasteiger partial charge on any atom is -0.381 e. The van der Waals surface area contributed by atoms with Crippen LogP contribution in [0.1, 0.15) is 43.9 Å². The van der Waals surface area contributed by atoms with Gasteiger partial charge in [0, 0.05) is 35.3 Å². The summed E-state index contributed by atoms with van der Waals surface area (Å²) in [7, 11) is -0.831. The molecule has 1 N–H and O–H groups in total. The molecule has 118 valence electrons. The van der Waals surface area contributed by atoms with Crippen LogP contribution in [0, 0.1) is 6.92 Å². The maximum absolute atomic E-state index is 12.9. The molecule has 1 aliphatic heterocycles. The van der Waals surface area contributed by atoms with E-state index in [4.69, 9.17) is 4.74 Å². The van der Waals surface area contributed by atoms with Crippen molar-refractivity contribution in [2.75, 3.05) is 19.8 Å². The third-order valence-electron chi connectivity index (χ3n) is 4.19. The summed E-state index contributed by atoms with van der Waals surface area (Å²) in [6.45, 7) is 8.69. The first-order valence-electron chi connectivity index (χ1n) is 7.90. The van der Waals surface area contributed by atoms with Crippen molar-refractivity contribution in [2.24, 2.45) is 0 Å². The standard InChI is InChI=1S/C17H27NO2S/c1-4-18-17(15-7-5-13(2)6-8-15)14(3)21(19)16-9-11-20-12-10-16/h5-8,14,16-18H,4,9-12H2,1-3H3. The van der Waals surface area contributed by atoms with Crippen LogP contribution in [0.3, 0.4) is 0 Å². The molecular weight excluding hydrogens is 282 g/mol. The lowest BCUT2D eigenvalue weighted by Gasteiger charge is -2.30. The molecule has 1 fully saturated rings. The molecule has 0 radical (unpaired) electrons. The van der Waals surface area contributed by atoms with E-state index in [-0.39, 0.29) is 16.5 Å². The maximum Gasteiger partial charge on any atom is 0.0517 e. The summed E-state index contributed by atoms with van der Waals surface area (Å²) < 4.78 is 18.3. The molecule has 21 heavy (non-hydrogen) atoms. The average Bonchev–Trinajstić information content (AvgIpc) is 2.53. The molecule has 1 heterocycles. The molecule has 0 aromatic heterocycles. The number of hydrogen-bond donors (Lipinski definition) is 1. The summed E-state index contributed by atoms with van der Waals surface area (Å²) in [5.74, 6) is 0. The van der Waals surface area contributed by atoms with E-state index >= 15 is 0 Å². The molecule has 0 amide bonds. The smallest absolute Gasteiger partial charge is 0.0517 e. The minimum absolute atomic E-state index is 0.107. The summed E-state index contributed by atoms with van der Waals surface area (Å²) in [5, 5.41) is 3.90. The average molecular weight is 309 g/mol. The molecule has 0 spiro atoms. The predicted molar refractivity (Wildman–Crippen MR) is 89.0 cm³/mol. The Morgan fingerprint density at radius 1 is 1.29 bits per heavy atom. The van der Waals surface area contributed by atoms with Crippen LogP contribution < -0.4 is 5.32 Å². The van der Waals surface area contributed by atoms with E-state index in [9.17, 15) is 4.21 Å². The summed E-state index contributed by atoms with van der Waals surface area (Å²) in [5.41, 5.74) is 2.49. The predicted octanol–water partition coefficient (Wildman–Crippen LogP) is 2.96. The molecule has 2 rings (SSSR count). The lowest BCUT2D eigenvalue weighted by atomic mass is 10.0. The Morgan fingerprint density at radius 3 is 2.48 bits per heavy atom. The number of aryl methyl sites for hydroxylation is 1. The monoisotopic (exact) mass is 309 g/mol. The lowest BCUT2D eigenvalue weighted by Crippen LogP contribution is -2.38. The van der Waals surface area contributed by atoms with Crippen molar-refractivity contribution >= 4 is 10.8 Å². The van der Waals surface area contributed by atoms with Crippen molar-refractivity contribution in [2.45, 2.75) is 50.2 Å². The van der Waals surface area contributed by atoms with Gasteiger partial charge in [0.05, 0.1) is 5.25 Å². The van der Waals surface area contributed by atoms with Gasteiger partial charge in [-0.2, -0.15) is 0 Å². The third kappa shape index (κ3) is 4.38. The van der Waals surface area contributed by atoms with Crippen molar-refractivity contribution in [3.63, 3.8) is 0 Å². The van der Waals surface area contributed by atoms with Gasteiger partial charge in [0.2, 0.25) is 0 Å². The fourth-order valence-electron chi connectivity index (χ4n) is 2.89. The second-order valence-electron chi connectivity index (χ2n) is 5.79. The first-order chi connectivity index (χ1) is 10.1.